The first-order chi connectivity index (χ1) is 11.7. The Balaban J connectivity index is 1.43. The van der Waals surface area contributed by atoms with Gasteiger partial charge in [-0.25, -0.2) is 0 Å². The third-order valence-electron chi connectivity index (χ3n) is 5.39. The van der Waals surface area contributed by atoms with Gasteiger partial charge in [0.1, 0.15) is 5.75 Å². The van der Waals surface area contributed by atoms with Crippen molar-refractivity contribution in [3.05, 3.63) is 28.8 Å². The molecule has 1 atom stereocenters. The fourth-order valence-electron chi connectivity index (χ4n) is 3.87. The molecule has 0 radical (unpaired) electrons. The molecule has 4 rings (SSSR count). The van der Waals surface area contributed by atoms with Gasteiger partial charge < -0.3 is 15.4 Å². The van der Waals surface area contributed by atoms with Crippen LogP contribution in [0, 0.1) is 0 Å². The molecule has 1 aromatic carbocycles. The average Bonchev–Trinajstić information content (AvgIpc) is 3.29. The van der Waals surface area contributed by atoms with Crippen LogP contribution in [0.2, 0.25) is 0 Å². The lowest BCUT2D eigenvalue weighted by atomic mass is 10.0. The van der Waals surface area contributed by atoms with Gasteiger partial charge in [0.15, 0.2) is 0 Å². The molecule has 1 saturated heterocycles. The number of methoxy groups -OCH3 is 1. The van der Waals surface area contributed by atoms with Crippen molar-refractivity contribution in [3.8, 4) is 5.75 Å². The van der Waals surface area contributed by atoms with Crippen LogP contribution in [0.15, 0.2) is 12.1 Å². The van der Waals surface area contributed by atoms with E-state index in [9.17, 15) is 4.79 Å². The number of carbonyl (C=O) groups excluding carboxylic acids is 1. The lowest BCUT2D eigenvalue weighted by Gasteiger charge is -2.33. The van der Waals surface area contributed by atoms with Gasteiger partial charge in [0.05, 0.1) is 13.2 Å². The Morgan fingerprint density at radius 1 is 1.33 bits per heavy atom. The molecule has 3 aliphatic rings. The molecule has 0 unspecified atom stereocenters. The van der Waals surface area contributed by atoms with E-state index in [0.717, 1.165) is 44.8 Å². The van der Waals surface area contributed by atoms with Crippen LogP contribution in [0.3, 0.4) is 0 Å². The van der Waals surface area contributed by atoms with Gasteiger partial charge in [-0.15, -0.1) is 0 Å². The SMILES string of the molecule is COc1cc2c(cc1CN1CCN[C@H](C(=O)NC3CC3)C1)CCC2. The Morgan fingerprint density at radius 2 is 2.12 bits per heavy atom. The van der Waals surface area contributed by atoms with Gasteiger partial charge >= 0.3 is 0 Å². The van der Waals surface area contributed by atoms with Crippen LogP contribution in [0.5, 0.6) is 5.75 Å². The molecule has 130 valence electrons. The molecule has 5 heteroatoms. The fraction of sp³-hybridized carbons (Fsp3) is 0.632. The van der Waals surface area contributed by atoms with Crippen molar-refractivity contribution in [2.24, 2.45) is 0 Å². The van der Waals surface area contributed by atoms with Crippen molar-refractivity contribution >= 4 is 5.91 Å². The number of nitrogens with zero attached hydrogens (tertiary/aromatic N) is 1. The van der Waals surface area contributed by atoms with E-state index in [1.807, 2.05) is 0 Å². The summed E-state index contributed by atoms with van der Waals surface area (Å²) in [6, 6.07) is 4.87. The maximum atomic E-state index is 12.3. The smallest absolute Gasteiger partial charge is 0.238 e. The minimum atomic E-state index is -0.0974. The van der Waals surface area contributed by atoms with E-state index in [-0.39, 0.29) is 11.9 Å². The topological polar surface area (TPSA) is 53.6 Å². The molecule has 5 nitrogen and oxygen atoms in total. The second-order valence-electron chi connectivity index (χ2n) is 7.31. The molecule has 1 aliphatic heterocycles. The molecule has 24 heavy (non-hydrogen) atoms. The van der Waals surface area contributed by atoms with Gasteiger partial charge in [0, 0.05) is 37.8 Å². The highest BCUT2D eigenvalue weighted by Gasteiger charge is 2.30. The van der Waals surface area contributed by atoms with Crippen molar-refractivity contribution in [2.45, 2.75) is 50.7 Å². The van der Waals surface area contributed by atoms with Crippen molar-refractivity contribution in [1.29, 1.82) is 0 Å². The fourth-order valence-corrected chi connectivity index (χ4v) is 3.87. The molecule has 0 bridgehead atoms. The van der Waals surface area contributed by atoms with E-state index in [0.29, 0.717) is 6.04 Å². The number of benzene rings is 1. The molecule has 1 aromatic rings. The van der Waals surface area contributed by atoms with Crippen LogP contribution in [-0.4, -0.2) is 49.6 Å². The van der Waals surface area contributed by atoms with Crippen LogP contribution < -0.4 is 15.4 Å². The van der Waals surface area contributed by atoms with Crippen LogP contribution in [0.1, 0.15) is 36.0 Å². The first-order valence-electron chi connectivity index (χ1n) is 9.17. The zero-order chi connectivity index (χ0) is 16.5. The third-order valence-corrected chi connectivity index (χ3v) is 5.39. The number of nitrogens with one attached hydrogen (secondary N) is 2. The van der Waals surface area contributed by atoms with E-state index in [4.69, 9.17) is 4.74 Å². The normalized spacial score (nSPS) is 23.8. The van der Waals surface area contributed by atoms with E-state index < -0.39 is 0 Å². The number of aryl methyl sites for hydroxylation is 2. The Bertz CT molecular complexity index is 627. The van der Waals surface area contributed by atoms with Gasteiger partial charge in [0.25, 0.3) is 0 Å². The van der Waals surface area contributed by atoms with Gasteiger partial charge in [-0.05, 0) is 49.3 Å². The quantitative estimate of drug-likeness (QED) is 0.853. The summed E-state index contributed by atoms with van der Waals surface area (Å²) in [6.45, 7) is 3.44. The number of rotatable bonds is 5. The van der Waals surface area contributed by atoms with Crippen LogP contribution in [-0.2, 0) is 24.2 Å². The lowest BCUT2D eigenvalue weighted by Crippen LogP contribution is -2.57. The van der Waals surface area contributed by atoms with Crippen molar-refractivity contribution in [2.75, 3.05) is 26.7 Å². The van der Waals surface area contributed by atoms with Crippen LogP contribution >= 0.6 is 0 Å². The molecule has 1 saturated carbocycles. The lowest BCUT2D eigenvalue weighted by molar-refractivity contribution is -0.124. The summed E-state index contributed by atoms with van der Waals surface area (Å²) in [7, 11) is 1.75. The monoisotopic (exact) mass is 329 g/mol. The van der Waals surface area contributed by atoms with E-state index in [2.05, 4.69) is 27.7 Å². The summed E-state index contributed by atoms with van der Waals surface area (Å²) < 4.78 is 5.63. The zero-order valence-corrected chi connectivity index (χ0v) is 14.4. The van der Waals surface area contributed by atoms with Crippen molar-refractivity contribution < 1.29 is 9.53 Å². The molecule has 2 aliphatic carbocycles. The number of hydrogen-bond donors (Lipinski definition) is 2. The summed E-state index contributed by atoms with van der Waals surface area (Å²) in [5.41, 5.74) is 4.17. The number of piperazine rings is 1. The Hall–Kier alpha value is -1.59. The Morgan fingerprint density at radius 3 is 2.88 bits per heavy atom. The highest BCUT2D eigenvalue weighted by molar-refractivity contribution is 5.82. The largest absolute Gasteiger partial charge is 0.496 e. The van der Waals surface area contributed by atoms with Gasteiger partial charge in [0.2, 0.25) is 5.91 Å². The van der Waals surface area contributed by atoms with E-state index >= 15 is 0 Å². The number of carbonyl (C=O) groups is 1. The summed E-state index contributed by atoms with van der Waals surface area (Å²) in [4.78, 5) is 14.7. The highest BCUT2D eigenvalue weighted by Crippen LogP contribution is 2.30. The maximum Gasteiger partial charge on any atom is 0.238 e. The predicted octanol–water partition coefficient (Wildman–Crippen LogP) is 1.24. The molecule has 1 amide bonds. The maximum absolute atomic E-state index is 12.3. The van der Waals surface area contributed by atoms with E-state index in [1.54, 1.807) is 7.11 Å². The molecule has 1 heterocycles. The summed E-state index contributed by atoms with van der Waals surface area (Å²) in [5.74, 6) is 1.15. The molecule has 2 fully saturated rings. The van der Waals surface area contributed by atoms with E-state index in [1.165, 1.54) is 36.0 Å². The number of hydrogen-bond acceptors (Lipinski definition) is 4. The summed E-state index contributed by atoms with van der Waals surface area (Å²) in [6.07, 6.45) is 5.87. The second kappa shape index (κ2) is 6.73. The highest BCUT2D eigenvalue weighted by atomic mass is 16.5. The molecular weight excluding hydrogens is 302 g/mol. The first-order valence-corrected chi connectivity index (χ1v) is 9.17. The summed E-state index contributed by atoms with van der Waals surface area (Å²) in [5, 5.41) is 6.46. The molecule has 0 spiro atoms. The van der Waals surface area contributed by atoms with Crippen LogP contribution in [0.4, 0.5) is 0 Å². The van der Waals surface area contributed by atoms with Gasteiger partial charge in [-0.1, -0.05) is 6.07 Å². The Labute approximate surface area is 143 Å². The second-order valence-corrected chi connectivity index (χ2v) is 7.31. The van der Waals surface area contributed by atoms with Crippen molar-refractivity contribution in [3.63, 3.8) is 0 Å². The molecule has 0 aromatic heterocycles. The number of fused-ring (bicyclic) bond motifs is 1. The first kappa shape index (κ1) is 15.9. The van der Waals surface area contributed by atoms with Crippen molar-refractivity contribution in [1.82, 2.24) is 15.5 Å². The predicted molar refractivity (Wildman–Crippen MR) is 93.3 cm³/mol. The number of ether oxygens (including phenoxy) is 1. The minimum Gasteiger partial charge on any atom is -0.496 e. The summed E-state index contributed by atoms with van der Waals surface area (Å²) >= 11 is 0. The van der Waals surface area contributed by atoms with Gasteiger partial charge in [-0.2, -0.15) is 0 Å². The minimum absolute atomic E-state index is 0.0974. The zero-order valence-electron chi connectivity index (χ0n) is 14.4. The average molecular weight is 329 g/mol. The molecule has 2 N–H and O–H groups in total. The van der Waals surface area contributed by atoms with Gasteiger partial charge in [-0.3, -0.25) is 9.69 Å². The third kappa shape index (κ3) is 3.42. The Kier molecular flexibility index (Phi) is 4.46. The number of amides is 1. The molecular formula is C19H27N3O2. The standard InChI is InChI=1S/C19H27N3O2/c1-24-18-10-14-4-2-3-13(14)9-15(18)11-22-8-7-20-17(12-22)19(23)21-16-5-6-16/h9-10,16-17,20H,2-8,11-12H2,1H3,(H,21,23)/t17-/m0/s1. The van der Waals surface area contributed by atoms with Crippen LogP contribution in [0.25, 0.3) is 0 Å².